The molecular weight excluding hydrogens is 312 g/mol. The molecule has 1 spiro atoms. The van der Waals surface area contributed by atoms with E-state index >= 15 is 0 Å². The van der Waals surface area contributed by atoms with E-state index in [2.05, 4.69) is 35.3 Å². The van der Waals surface area contributed by atoms with Crippen LogP contribution in [0.1, 0.15) is 56.6 Å². The number of fused-ring (bicyclic) bond motifs is 2. The molecule has 1 aromatic rings. The fourth-order valence-electron chi connectivity index (χ4n) is 5.27. The van der Waals surface area contributed by atoms with Gasteiger partial charge >= 0.3 is 0 Å². The standard InChI is InChI=1S/C21H28N2O2/c1-14-3-4-18-19(11-14)22-20(25)21(18)8-5-17(6-9-21)23-10-7-16(13-23)12-15(2)24/h3-4,11,16-17H,5-10,12-13H2,1-2H3,(H,22,25)/t16-,17?,21?/m1/s1. The van der Waals surface area contributed by atoms with Gasteiger partial charge in [0.1, 0.15) is 5.78 Å². The summed E-state index contributed by atoms with van der Waals surface area (Å²) in [6, 6.07) is 6.95. The number of Topliss-reactive ketones (excluding diaryl/α,β-unsaturated/α-hetero) is 1. The summed E-state index contributed by atoms with van der Waals surface area (Å²) < 4.78 is 0. The second-order valence-corrected chi connectivity index (χ2v) is 8.37. The summed E-state index contributed by atoms with van der Waals surface area (Å²) in [7, 11) is 0. The van der Waals surface area contributed by atoms with E-state index in [1.165, 1.54) is 11.1 Å². The first-order valence-corrected chi connectivity index (χ1v) is 9.64. The van der Waals surface area contributed by atoms with Gasteiger partial charge in [-0.1, -0.05) is 12.1 Å². The molecule has 25 heavy (non-hydrogen) atoms. The van der Waals surface area contributed by atoms with Gasteiger partial charge in [-0.05, 0) is 75.6 Å². The van der Waals surface area contributed by atoms with Gasteiger partial charge in [-0.15, -0.1) is 0 Å². The van der Waals surface area contributed by atoms with Crippen LogP contribution in [0.25, 0.3) is 0 Å². The lowest BCUT2D eigenvalue weighted by atomic mass is 9.68. The van der Waals surface area contributed by atoms with E-state index in [1.807, 2.05) is 0 Å². The van der Waals surface area contributed by atoms with Gasteiger partial charge in [0.05, 0.1) is 5.41 Å². The van der Waals surface area contributed by atoms with Crippen LogP contribution in [0.15, 0.2) is 18.2 Å². The fourth-order valence-corrected chi connectivity index (χ4v) is 5.27. The highest BCUT2D eigenvalue weighted by atomic mass is 16.2. The average molecular weight is 340 g/mol. The van der Waals surface area contributed by atoms with Crippen molar-refractivity contribution in [1.82, 2.24) is 4.90 Å². The maximum atomic E-state index is 12.8. The molecule has 1 saturated heterocycles. The Bertz CT molecular complexity index is 704. The maximum Gasteiger partial charge on any atom is 0.235 e. The van der Waals surface area contributed by atoms with Gasteiger partial charge in [0.15, 0.2) is 0 Å². The Balaban J connectivity index is 1.44. The number of nitrogens with zero attached hydrogens (tertiary/aromatic N) is 1. The minimum absolute atomic E-state index is 0.197. The number of likely N-dealkylation sites (tertiary alicyclic amines) is 1. The Morgan fingerprint density at radius 2 is 2.04 bits per heavy atom. The van der Waals surface area contributed by atoms with Crippen LogP contribution in [0.3, 0.4) is 0 Å². The van der Waals surface area contributed by atoms with Gasteiger partial charge in [-0.3, -0.25) is 4.79 Å². The second kappa shape index (κ2) is 6.24. The minimum Gasteiger partial charge on any atom is -0.325 e. The summed E-state index contributed by atoms with van der Waals surface area (Å²) in [6.45, 7) is 5.93. The molecule has 1 N–H and O–H groups in total. The highest BCUT2D eigenvalue weighted by molar-refractivity contribution is 6.06. The molecule has 4 heteroatoms. The van der Waals surface area contributed by atoms with Gasteiger partial charge in [-0.2, -0.15) is 0 Å². The Hall–Kier alpha value is -1.68. The van der Waals surface area contributed by atoms with Crippen LogP contribution in [0, 0.1) is 12.8 Å². The van der Waals surface area contributed by atoms with Crippen LogP contribution in [-0.2, 0) is 15.0 Å². The van der Waals surface area contributed by atoms with Gasteiger partial charge in [0, 0.05) is 24.7 Å². The molecule has 2 fully saturated rings. The molecule has 0 radical (unpaired) electrons. The van der Waals surface area contributed by atoms with Gasteiger partial charge in [0.2, 0.25) is 5.91 Å². The molecule has 2 heterocycles. The monoisotopic (exact) mass is 340 g/mol. The number of hydrogen-bond acceptors (Lipinski definition) is 3. The molecule has 4 nitrogen and oxygen atoms in total. The highest BCUT2D eigenvalue weighted by Gasteiger charge is 2.49. The van der Waals surface area contributed by atoms with Crippen molar-refractivity contribution in [1.29, 1.82) is 0 Å². The first kappa shape index (κ1) is 16.8. The zero-order chi connectivity index (χ0) is 17.6. The molecule has 1 aromatic carbocycles. The second-order valence-electron chi connectivity index (χ2n) is 8.37. The highest BCUT2D eigenvalue weighted by Crippen LogP contribution is 2.48. The first-order chi connectivity index (χ1) is 12.0. The molecule has 1 aliphatic carbocycles. The van der Waals surface area contributed by atoms with E-state index < -0.39 is 0 Å². The SMILES string of the molecule is CC(=O)C[C@H]1CCN(C2CCC3(CC2)C(=O)Nc2cc(C)ccc23)C1. The summed E-state index contributed by atoms with van der Waals surface area (Å²) in [5, 5.41) is 3.12. The van der Waals surface area contributed by atoms with Crippen molar-refractivity contribution in [3.05, 3.63) is 29.3 Å². The fraction of sp³-hybridized carbons (Fsp3) is 0.619. The summed E-state index contributed by atoms with van der Waals surface area (Å²) >= 11 is 0. The number of rotatable bonds is 3. The number of amides is 1. The Morgan fingerprint density at radius 1 is 1.28 bits per heavy atom. The smallest absolute Gasteiger partial charge is 0.235 e. The molecule has 2 aliphatic heterocycles. The van der Waals surface area contributed by atoms with Gasteiger partial charge < -0.3 is 15.0 Å². The predicted octanol–water partition coefficient (Wildman–Crippen LogP) is 3.43. The lowest BCUT2D eigenvalue weighted by Gasteiger charge is -2.39. The third-order valence-corrected chi connectivity index (χ3v) is 6.59. The molecule has 3 aliphatic rings. The van der Waals surface area contributed by atoms with Crippen molar-refractivity contribution in [2.24, 2.45) is 5.92 Å². The summed E-state index contributed by atoms with van der Waals surface area (Å²) in [4.78, 5) is 26.7. The third kappa shape index (κ3) is 2.91. The minimum atomic E-state index is -0.307. The molecule has 1 amide bonds. The Labute approximate surface area is 150 Å². The molecule has 0 bridgehead atoms. The molecule has 1 atom stereocenters. The number of hydrogen-bond donors (Lipinski definition) is 1. The molecule has 0 aromatic heterocycles. The zero-order valence-electron chi connectivity index (χ0n) is 15.3. The van der Waals surface area contributed by atoms with Gasteiger partial charge in [-0.25, -0.2) is 0 Å². The maximum absolute atomic E-state index is 12.8. The largest absolute Gasteiger partial charge is 0.325 e. The lowest BCUT2D eigenvalue weighted by Crippen LogP contribution is -2.44. The van der Waals surface area contributed by atoms with E-state index in [1.54, 1.807) is 6.92 Å². The molecule has 4 rings (SSSR count). The molecular formula is C21H28N2O2. The number of aryl methyl sites for hydroxylation is 1. The topological polar surface area (TPSA) is 49.4 Å². The number of carbonyl (C=O) groups is 2. The van der Waals surface area contributed by atoms with Crippen molar-refractivity contribution < 1.29 is 9.59 Å². The predicted molar refractivity (Wildman–Crippen MR) is 98.7 cm³/mol. The van der Waals surface area contributed by atoms with E-state index in [9.17, 15) is 9.59 Å². The normalized spacial score (nSPS) is 32.0. The van der Waals surface area contributed by atoms with Gasteiger partial charge in [0.25, 0.3) is 0 Å². The molecule has 134 valence electrons. The Kier molecular flexibility index (Phi) is 4.19. The van der Waals surface area contributed by atoms with Crippen LogP contribution in [0.2, 0.25) is 0 Å². The molecule has 1 saturated carbocycles. The van der Waals surface area contributed by atoms with E-state index in [0.29, 0.717) is 17.7 Å². The van der Waals surface area contributed by atoms with Crippen molar-refractivity contribution in [3.63, 3.8) is 0 Å². The van der Waals surface area contributed by atoms with Crippen LogP contribution < -0.4 is 5.32 Å². The van der Waals surface area contributed by atoms with Crippen molar-refractivity contribution in [3.8, 4) is 0 Å². The van der Waals surface area contributed by atoms with Crippen LogP contribution >= 0.6 is 0 Å². The quantitative estimate of drug-likeness (QED) is 0.917. The number of carbonyl (C=O) groups excluding carboxylic acids is 2. The Morgan fingerprint density at radius 3 is 2.76 bits per heavy atom. The van der Waals surface area contributed by atoms with Crippen LogP contribution in [0.5, 0.6) is 0 Å². The van der Waals surface area contributed by atoms with Crippen molar-refractivity contribution >= 4 is 17.4 Å². The van der Waals surface area contributed by atoms with Crippen molar-refractivity contribution in [2.75, 3.05) is 18.4 Å². The summed E-state index contributed by atoms with van der Waals surface area (Å²) in [6.07, 6.45) is 5.90. The number of ketones is 1. The van der Waals surface area contributed by atoms with E-state index in [0.717, 1.165) is 57.3 Å². The zero-order valence-corrected chi connectivity index (χ0v) is 15.3. The van der Waals surface area contributed by atoms with Crippen LogP contribution in [-0.4, -0.2) is 35.7 Å². The third-order valence-electron chi connectivity index (χ3n) is 6.59. The average Bonchev–Trinajstić information content (AvgIpc) is 3.11. The number of anilines is 1. The van der Waals surface area contributed by atoms with Crippen LogP contribution in [0.4, 0.5) is 5.69 Å². The van der Waals surface area contributed by atoms with Crippen molar-refractivity contribution in [2.45, 2.75) is 63.8 Å². The van der Waals surface area contributed by atoms with E-state index in [-0.39, 0.29) is 11.3 Å². The number of benzene rings is 1. The summed E-state index contributed by atoms with van der Waals surface area (Å²) in [5.74, 6) is 1.04. The number of nitrogens with one attached hydrogen (secondary N) is 1. The lowest BCUT2D eigenvalue weighted by molar-refractivity contribution is -0.122. The molecule has 0 unspecified atom stereocenters. The summed E-state index contributed by atoms with van der Waals surface area (Å²) in [5.41, 5.74) is 3.11. The first-order valence-electron chi connectivity index (χ1n) is 9.64. The van der Waals surface area contributed by atoms with E-state index in [4.69, 9.17) is 0 Å².